The lowest BCUT2D eigenvalue weighted by Gasteiger charge is -2.26. The van der Waals surface area contributed by atoms with Crippen molar-refractivity contribution in [3.63, 3.8) is 0 Å². The molecule has 1 fully saturated rings. The molecule has 1 aliphatic rings. The minimum absolute atomic E-state index is 0. The summed E-state index contributed by atoms with van der Waals surface area (Å²) in [6.07, 6.45) is 0.879. The van der Waals surface area contributed by atoms with E-state index in [4.69, 9.17) is 4.74 Å². The zero-order valence-electron chi connectivity index (χ0n) is 22.5. The third-order valence-electron chi connectivity index (χ3n) is 7.18. The van der Waals surface area contributed by atoms with Crippen molar-refractivity contribution in [3.8, 4) is 22.6 Å². The van der Waals surface area contributed by atoms with Gasteiger partial charge >= 0.3 is 0 Å². The third kappa shape index (κ3) is 7.10. The maximum atomic E-state index is 10.7. The SMILES string of the molecule is CCC(=C(c1ccc(OCCN2CCNCC2)cc1)c1ccc(O)c(-c2ccccc2)c1)c1ccccc1.Cl. The summed E-state index contributed by atoms with van der Waals surface area (Å²) < 4.78 is 6.10. The van der Waals surface area contributed by atoms with E-state index in [-0.39, 0.29) is 18.2 Å². The fourth-order valence-electron chi connectivity index (χ4n) is 5.17. The van der Waals surface area contributed by atoms with Crippen molar-refractivity contribution in [2.45, 2.75) is 13.3 Å². The number of rotatable bonds is 9. The molecule has 0 amide bonds. The number of nitrogens with one attached hydrogen (secondary N) is 1. The molecule has 0 radical (unpaired) electrons. The van der Waals surface area contributed by atoms with Gasteiger partial charge in [0, 0.05) is 38.3 Å². The molecular formula is C34H37ClN2O2. The number of benzene rings is 4. The van der Waals surface area contributed by atoms with Crippen LogP contribution < -0.4 is 10.1 Å². The van der Waals surface area contributed by atoms with E-state index in [1.807, 2.05) is 42.5 Å². The summed E-state index contributed by atoms with van der Waals surface area (Å²) in [6.45, 7) is 8.08. The normalized spacial score (nSPS) is 14.3. The number of hydrogen-bond acceptors (Lipinski definition) is 4. The average molecular weight is 541 g/mol. The molecule has 4 nitrogen and oxygen atoms in total. The van der Waals surface area contributed by atoms with Gasteiger partial charge in [-0.1, -0.05) is 85.8 Å². The number of halogens is 1. The summed E-state index contributed by atoms with van der Waals surface area (Å²) in [4.78, 5) is 2.44. The van der Waals surface area contributed by atoms with Gasteiger partial charge in [0.15, 0.2) is 0 Å². The molecule has 1 heterocycles. The lowest BCUT2D eigenvalue weighted by atomic mass is 9.87. The van der Waals surface area contributed by atoms with E-state index < -0.39 is 0 Å². The van der Waals surface area contributed by atoms with Gasteiger partial charge in [0.05, 0.1) is 0 Å². The Bertz CT molecular complexity index is 1350. The Morgan fingerprint density at radius 1 is 0.795 bits per heavy atom. The minimum Gasteiger partial charge on any atom is -0.507 e. The number of phenols is 1. The summed E-state index contributed by atoms with van der Waals surface area (Å²) >= 11 is 0. The van der Waals surface area contributed by atoms with Crippen LogP contribution in [0.15, 0.2) is 103 Å². The molecule has 4 aromatic rings. The van der Waals surface area contributed by atoms with Crippen LogP contribution in [0.5, 0.6) is 11.5 Å². The van der Waals surface area contributed by atoms with Crippen molar-refractivity contribution in [1.82, 2.24) is 10.2 Å². The Hall–Kier alpha value is -3.57. The van der Waals surface area contributed by atoms with Crippen LogP contribution in [0.2, 0.25) is 0 Å². The van der Waals surface area contributed by atoms with Crippen LogP contribution in [-0.2, 0) is 0 Å². The standard InChI is InChI=1S/C34H36N2O2.ClH/c1-2-31(26-9-5-3-6-10-26)34(29-15-18-33(37)32(25-29)27-11-7-4-8-12-27)28-13-16-30(17-14-28)38-24-23-36-21-19-35-20-22-36;/h3-18,25,35,37H,2,19-24H2,1H3;1H. The van der Waals surface area contributed by atoms with E-state index in [0.717, 1.165) is 67.1 Å². The summed E-state index contributed by atoms with van der Waals surface area (Å²) in [5.41, 5.74) is 7.68. The molecule has 5 heteroatoms. The summed E-state index contributed by atoms with van der Waals surface area (Å²) in [6, 6.07) is 35.0. The molecular weight excluding hydrogens is 504 g/mol. The molecule has 39 heavy (non-hydrogen) atoms. The van der Waals surface area contributed by atoms with Crippen LogP contribution in [0.1, 0.15) is 30.0 Å². The first kappa shape index (κ1) is 28.4. The van der Waals surface area contributed by atoms with Gasteiger partial charge in [-0.3, -0.25) is 4.90 Å². The van der Waals surface area contributed by atoms with Gasteiger partial charge < -0.3 is 15.2 Å². The number of phenolic OH excluding ortho intramolecular Hbond substituents is 1. The Morgan fingerprint density at radius 2 is 1.44 bits per heavy atom. The fourth-order valence-corrected chi connectivity index (χ4v) is 5.17. The van der Waals surface area contributed by atoms with Gasteiger partial charge in [0.2, 0.25) is 0 Å². The lowest BCUT2D eigenvalue weighted by Crippen LogP contribution is -2.44. The molecule has 1 aliphatic heterocycles. The molecule has 0 saturated carbocycles. The van der Waals surface area contributed by atoms with Crippen molar-refractivity contribution >= 4 is 23.6 Å². The van der Waals surface area contributed by atoms with Crippen LogP contribution in [0.25, 0.3) is 22.3 Å². The van der Waals surface area contributed by atoms with Crippen molar-refractivity contribution in [1.29, 1.82) is 0 Å². The third-order valence-corrected chi connectivity index (χ3v) is 7.18. The Balaban J connectivity index is 0.00000353. The molecule has 1 saturated heterocycles. The first-order chi connectivity index (χ1) is 18.7. The fraction of sp³-hybridized carbons (Fsp3) is 0.235. The maximum absolute atomic E-state index is 10.7. The second-order valence-electron chi connectivity index (χ2n) is 9.64. The summed E-state index contributed by atoms with van der Waals surface area (Å²) in [7, 11) is 0. The van der Waals surface area contributed by atoms with Crippen molar-refractivity contribution in [2.24, 2.45) is 0 Å². The number of piperazine rings is 1. The number of allylic oxidation sites excluding steroid dienone is 1. The highest BCUT2D eigenvalue weighted by atomic mass is 35.5. The van der Waals surface area contributed by atoms with E-state index in [0.29, 0.717) is 6.61 Å². The summed E-state index contributed by atoms with van der Waals surface area (Å²) in [5, 5.41) is 14.1. The van der Waals surface area contributed by atoms with Gasteiger partial charge in [-0.25, -0.2) is 0 Å². The first-order valence-corrected chi connectivity index (χ1v) is 13.6. The molecule has 0 aliphatic carbocycles. The molecule has 0 bridgehead atoms. The highest BCUT2D eigenvalue weighted by Gasteiger charge is 2.16. The van der Waals surface area contributed by atoms with Crippen LogP contribution in [-0.4, -0.2) is 49.3 Å². The Morgan fingerprint density at radius 3 is 2.10 bits per heavy atom. The highest BCUT2D eigenvalue weighted by Crippen LogP contribution is 2.39. The highest BCUT2D eigenvalue weighted by molar-refractivity contribution is 5.99. The Labute approximate surface area is 238 Å². The Kier molecular flexibility index (Phi) is 10.2. The number of ether oxygens (including phenoxy) is 1. The molecule has 5 rings (SSSR count). The average Bonchev–Trinajstić information content (AvgIpc) is 2.98. The predicted octanol–water partition coefficient (Wildman–Crippen LogP) is 7.13. The van der Waals surface area contributed by atoms with E-state index in [9.17, 15) is 5.11 Å². The van der Waals surface area contributed by atoms with Gasteiger partial charge in [-0.05, 0) is 64.1 Å². The summed E-state index contributed by atoms with van der Waals surface area (Å²) in [5.74, 6) is 1.17. The van der Waals surface area contributed by atoms with Crippen molar-refractivity contribution < 1.29 is 9.84 Å². The molecule has 2 N–H and O–H groups in total. The van der Waals surface area contributed by atoms with E-state index >= 15 is 0 Å². The van der Waals surface area contributed by atoms with Gasteiger partial charge in [0.1, 0.15) is 18.1 Å². The second kappa shape index (κ2) is 14.0. The molecule has 0 aromatic heterocycles. The molecule has 0 spiro atoms. The first-order valence-electron chi connectivity index (χ1n) is 13.6. The van der Waals surface area contributed by atoms with Crippen LogP contribution in [0.3, 0.4) is 0 Å². The molecule has 202 valence electrons. The van der Waals surface area contributed by atoms with Gasteiger partial charge in [-0.15, -0.1) is 12.4 Å². The second-order valence-corrected chi connectivity index (χ2v) is 9.64. The zero-order valence-corrected chi connectivity index (χ0v) is 23.3. The van der Waals surface area contributed by atoms with Crippen LogP contribution in [0.4, 0.5) is 0 Å². The van der Waals surface area contributed by atoms with Gasteiger partial charge in [0.25, 0.3) is 0 Å². The van der Waals surface area contributed by atoms with E-state index in [1.165, 1.54) is 16.7 Å². The van der Waals surface area contributed by atoms with E-state index in [1.54, 1.807) is 0 Å². The number of aromatic hydroxyl groups is 1. The maximum Gasteiger partial charge on any atom is 0.123 e. The molecule has 0 atom stereocenters. The lowest BCUT2D eigenvalue weighted by molar-refractivity contribution is 0.191. The van der Waals surface area contributed by atoms with Crippen LogP contribution >= 0.6 is 12.4 Å². The van der Waals surface area contributed by atoms with Crippen LogP contribution in [0, 0.1) is 0 Å². The molecule has 0 unspecified atom stereocenters. The molecule has 4 aromatic carbocycles. The number of hydrogen-bond donors (Lipinski definition) is 2. The quantitative estimate of drug-likeness (QED) is 0.222. The van der Waals surface area contributed by atoms with Crippen molar-refractivity contribution in [2.75, 3.05) is 39.3 Å². The predicted molar refractivity (Wildman–Crippen MR) is 165 cm³/mol. The van der Waals surface area contributed by atoms with Gasteiger partial charge in [-0.2, -0.15) is 0 Å². The largest absolute Gasteiger partial charge is 0.507 e. The van der Waals surface area contributed by atoms with Crippen molar-refractivity contribution in [3.05, 3.63) is 120 Å². The zero-order chi connectivity index (χ0) is 26.2. The topological polar surface area (TPSA) is 44.7 Å². The monoisotopic (exact) mass is 540 g/mol. The smallest absolute Gasteiger partial charge is 0.123 e. The van der Waals surface area contributed by atoms with E-state index in [2.05, 4.69) is 77.8 Å². The number of nitrogens with zero attached hydrogens (tertiary/aromatic N) is 1. The minimum atomic E-state index is 0.